The molecule has 0 N–H and O–H groups in total. The molecule has 0 rings (SSSR count). The Morgan fingerprint density at radius 3 is 1.73 bits per heavy atom. The van der Waals surface area contributed by atoms with Crippen molar-refractivity contribution >= 4 is 5.91 Å². The zero-order valence-corrected chi connectivity index (χ0v) is 27.3. The first-order chi connectivity index (χ1) is 19.0. The van der Waals surface area contributed by atoms with Crippen LogP contribution in [-0.4, -0.2) is 75.9 Å². The molecule has 0 aliphatic rings. The number of hydrogen-bond donors (Lipinski definition) is 0. The first-order valence-corrected chi connectivity index (χ1v) is 15.4. The number of ether oxygens (including phenoxy) is 6. The molecule has 0 radical (unpaired) electrons. The molecule has 0 saturated carbocycles. The van der Waals surface area contributed by atoms with E-state index in [0.29, 0.717) is 32.7 Å². The Hall–Kier alpha value is -0.850. The van der Waals surface area contributed by atoms with Gasteiger partial charge in [0, 0.05) is 20.1 Å². The lowest BCUT2D eigenvalue weighted by atomic mass is 10.2. The van der Waals surface area contributed by atoms with Gasteiger partial charge in [0.05, 0.1) is 39.1 Å². The van der Waals surface area contributed by atoms with Crippen LogP contribution in [0.5, 0.6) is 0 Å². The van der Waals surface area contributed by atoms with Gasteiger partial charge in [0.25, 0.3) is 5.97 Å². The third-order valence-corrected chi connectivity index (χ3v) is 5.53. The number of rotatable bonds is 27. The summed E-state index contributed by atoms with van der Waals surface area (Å²) >= 11 is 0. The van der Waals surface area contributed by atoms with Gasteiger partial charge in [-0.2, -0.15) is 0 Å². The van der Waals surface area contributed by atoms with E-state index < -0.39 is 17.9 Å². The van der Waals surface area contributed by atoms with Crippen molar-refractivity contribution in [1.29, 1.82) is 0 Å². The average Bonchev–Trinajstić information content (AvgIpc) is 2.91. The van der Waals surface area contributed by atoms with Crippen LogP contribution < -0.4 is 0 Å². The summed E-state index contributed by atoms with van der Waals surface area (Å²) in [5.41, 5.74) is 0. The number of unbranched alkanes of at least 4 members (excludes halogenated alkanes) is 4. The number of hydroxylamine groups is 2. The first kappa shape index (κ1) is 39.1. The summed E-state index contributed by atoms with van der Waals surface area (Å²) in [5, 5.41) is 0.905. The van der Waals surface area contributed by atoms with Crippen molar-refractivity contribution in [1.82, 2.24) is 5.23 Å². The van der Waals surface area contributed by atoms with E-state index in [0.717, 1.165) is 43.8 Å². The second-order valence-corrected chi connectivity index (χ2v) is 11.0. The van der Waals surface area contributed by atoms with Gasteiger partial charge in [-0.3, -0.25) is 4.79 Å². The van der Waals surface area contributed by atoms with Crippen molar-refractivity contribution in [3.05, 3.63) is 0 Å². The SMILES string of the molecule is CCCCCON(OCCCCCC(OC)(OCC)OCCC)C(=O)C(OCC(C)C)(OCC(C)C)OC(C)C. The molecule has 0 aromatic heterocycles. The lowest BCUT2D eigenvalue weighted by Crippen LogP contribution is -2.56. The molecule has 0 saturated heterocycles. The summed E-state index contributed by atoms with van der Waals surface area (Å²) in [6.45, 7) is 19.9. The van der Waals surface area contributed by atoms with Gasteiger partial charge in [0.1, 0.15) is 0 Å². The number of methoxy groups -OCH3 is 1. The number of carbonyl (C=O) groups is 1. The quantitative estimate of drug-likeness (QED) is 0.0605. The van der Waals surface area contributed by atoms with E-state index in [1.54, 1.807) is 7.11 Å². The summed E-state index contributed by atoms with van der Waals surface area (Å²) in [6.07, 6.45) is 6.20. The Kier molecular flexibility index (Phi) is 22.2. The van der Waals surface area contributed by atoms with E-state index >= 15 is 0 Å². The Labute approximate surface area is 244 Å². The van der Waals surface area contributed by atoms with Gasteiger partial charge in [-0.15, -0.1) is 0 Å². The Morgan fingerprint density at radius 2 is 1.27 bits per heavy atom. The van der Waals surface area contributed by atoms with E-state index in [4.69, 9.17) is 38.1 Å². The fourth-order valence-corrected chi connectivity index (χ4v) is 3.56. The predicted molar refractivity (Wildman–Crippen MR) is 155 cm³/mol. The van der Waals surface area contributed by atoms with E-state index in [1.807, 2.05) is 55.4 Å². The number of hydrogen-bond acceptors (Lipinski definition) is 9. The molecule has 40 heavy (non-hydrogen) atoms. The molecule has 0 aliphatic heterocycles. The third-order valence-electron chi connectivity index (χ3n) is 5.53. The van der Waals surface area contributed by atoms with Crippen molar-refractivity contribution in [2.45, 2.75) is 132 Å². The second-order valence-electron chi connectivity index (χ2n) is 11.0. The van der Waals surface area contributed by atoms with Gasteiger partial charge >= 0.3 is 11.9 Å². The first-order valence-electron chi connectivity index (χ1n) is 15.4. The molecule has 1 unspecified atom stereocenters. The molecule has 0 spiro atoms. The molecular weight excluding hydrogens is 518 g/mol. The van der Waals surface area contributed by atoms with Crippen LogP contribution in [0.25, 0.3) is 0 Å². The standard InChI is InChI=1S/C30H61NO9/c1-11-14-17-21-38-31(39-22-18-15-16-19-29(33-10,34-13-3)35-20-12-2)28(32)30(40-27(8)9,36-23-25(4)5)37-24-26(6)7/h25-27H,11-24H2,1-10H3. The molecule has 1 amide bonds. The zero-order valence-electron chi connectivity index (χ0n) is 27.3. The van der Waals surface area contributed by atoms with Crippen molar-refractivity contribution in [2.75, 3.05) is 46.8 Å². The zero-order chi connectivity index (χ0) is 30.4. The highest BCUT2D eigenvalue weighted by Gasteiger charge is 2.49. The summed E-state index contributed by atoms with van der Waals surface area (Å²) in [4.78, 5) is 25.6. The van der Waals surface area contributed by atoms with Crippen molar-refractivity contribution in [3.8, 4) is 0 Å². The van der Waals surface area contributed by atoms with Gasteiger partial charge in [-0.05, 0) is 58.3 Å². The molecule has 1 atom stereocenters. The minimum absolute atomic E-state index is 0.155. The molecular formula is C30H61NO9. The molecule has 0 aromatic carbocycles. The summed E-state index contributed by atoms with van der Waals surface area (Å²) in [6, 6.07) is 0. The molecule has 240 valence electrons. The lowest BCUT2D eigenvalue weighted by molar-refractivity contribution is -0.412. The van der Waals surface area contributed by atoms with E-state index in [-0.39, 0.29) is 37.8 Å². The van der Waals surface area contributed by atoms with Crippen LogP contribution in [0.4, 0.5) is 0 Å². The molecule has 10 nitrogen and oxygen atoms in total. The fourth-order valence-electron chi connectivity index (χ4n) is 3.56. The smallest absolute Gasteiger partial charge is 0.331 e. The maximum absolute atomic E-state index is 13.9. The number of nitrogens with zero attached hydrogens (tertiary/aromatic N) is 1. The van der Waals surface area contributed by atoms with Crippen LogP contribution in [0, 0.1) is 11.8 Å². The average molecular weight is 580 g/mol. The minimum atomic E-state index is -1.97. The molecule has 10 heteroatoms. The van der Waals surface area contributed by atoms with Crippen LogP contribution >= 0.6 is 0 Å². The molecule has 0 bridgehead atoms. The highest BCUT2D eigenvalue weighted by Crippen LogP contribution is 2.26. The fraction of sp³-hybridized carbons (Fsp3) is 0.967. The van der Waals surface area contributed by atoms with Crippen LogP contribution in [0.2, 0.25) is 0 Å². The predicted octanol–water partition coefficient (Wildman–Crippen LogP) is 6.62. The summed E-state index contributed by atoms with van der Waals surface area (Å²) in [5.74, 6) is -3.36. The van der Waals surface area contributed by atoms with E-state index in [1.165, 1.54) is 0 Å². The Balaban J connectivity index is 5.48. The molecule has 0 heterocycles. The van der Waals surface area contributed by atoms with Gasteiger partial charge in [-0.1, -0.05) is 66.0 Å². The maximum Gasteiger partial charge on any atom is 0.373 e. The van der Waals surface area contributed by atoms with E-state index in [2.05, 4.69) is 6.92 Å². The van der Waals surface area contributed by atoms with Gasteiger partial charge in [0.2, 0.25) is 0 Å². The lowest BCUT2D eigenvalue weighted by Gasteiger charge is -2.36. The second kappa shape index (κ2) is 22.7. The van der Waals surface area contributed by atoms with Gasteiger partial charge in [-0.25, -0.2) is 9.68 Å². The van der Waals surface area contributed by atoms with Gasteiger partial charge in [0.15, 0.2) is 0 Å². The van der Waals surface area contributed by atoms with Crippen LogP contribution in [0.1, 0.15) is 114 Å². The largest absolute Gasteiger partial charge is 0.373 e. The third kappa shape index (κ3) is 16.6. The molecule has 0 aliphatic carbocycles. The maximum atomic E-state index is 13.9. The summed E-state index contributed by atoms with van der Waals surface area (Å²) < 4.78 is 35.3. The van der Waals surface area contributed by atoms with Crippen LogP contribution in [-0.2, 0) is 42.9 Å². The normalized spacial score (nSPS) is 13.9. The van der Waals surface area contributed by atoms with Crippen LogP contribution in [0.3, 0.4) is 0 Å². The molecule has 0 fully saturated rings. The number of carbonyl (C=O) groups excluding carboxylic acids is 1. The Bertz CT molecular complexity index is 606. The minimum Gasteiger partial charge on any atom is -0.331 e. The van der Waals surface area contributed by atoms with Crippen molar-refractivity contribution < 1.29 is 42.9 Å². The van der Waals surface area contributed by atoms with Crippen LogP contribution in [0.15, 0.2) is 0 Å². The monoisotopic (exact) mass is 579 g/mol. The highest BCUT2D eigenvalue weighted by molar-refractivity contribution is 5.80. The van der Waals surface area contributed by atoms with E-state index in [9.17, 15) is 4.79 Å². The highest BCUT2D eigenvalue weighted by atomic mass is 17.0. The summed E-state index contributed by atoms with van der Waals surface area (Å²) in [7, 11) is 1.60. The molecule has 0 aromatic rings. The number of amides is 1. The van der Waals surface area contributed by atoms with Gasteiger partial charge < -0.3 is 28.4 Å². The van der Waals surface area contributed by atoms with Crippen molar-refractivity contribution in [3.63, 3.8) is 0 Å². The van der Waals surface area contributed by atoms with Crippen molar-refractivity contribution in [2.24, 2.45) is 11.8 Å². The topological polar surface area (TPSA) is 94.2 Å². The Morgan fingerprint density at radius 1 is 0.700 bits per heavy atom.